The van der Waals surface area contributed by atoms with Gasteiger partial charge in [-0.05, 0) is 31.0 Å². The molecule has 0 atom stereocenters. The van der Waals surface area contributed by atoms with E-state index < -0.39 is 11.9 Å². The summed E-state index contributed by atoms with van der Waals surface area (Å²) in [6, 6.07) is 4.39. The van der Waals surface area contributed by atoms with E-state index in [-0.39, 0.29) is 35.4 Å². The number of hydrogen-bond donors (Lipinski definition) is 1. The van der Waals surface area contributed by atoms with Crippen LogP contribution in [0.3, 0.4) is 0 Å². The quantitative estimate of drug-likeness (QED) is 0.791. The van der Waals surface area contributed by atoms with Crippen molar-refractivity contribution in [2.75, 3.05) is 20.8 Å². The average molecular weight is 349 g/mol. The van der Waals surface area contributed by atoms with Gasteiger partial charge in [0, 0.05) is 6.04 Å². The van der Waals surface area contributed by atoms with E-state index in [2.05, 4.69) is 14.8 Å². The van der Waals surface area contributed by atoms with Gasteiger partial charge in [-0.2, -0.15) is 0 Å². The van der Waals surface area contributed by atoms with E-state index in [9.17, 15) is 14.4 Å². The van der Waals surface area contributed by atoms with Crippen LogP contribution in [0.4, 0.5) is 0 Å². The Morgan fingerprint density at radius 1 is 0.960 bits per heavy atom. The maximum atomic E-state index is 12.0. The molecule has 0 saturated heterocycles. The summed E-state index contributed by atoms with van der Waals surface area (Å²) in [6.07, 6.45) is 5.41. The van der Waals surface area contributed by atoms with Gasteiger partial charge in [0.1, 0.15) is 5.75 Å². The highest BCUT2D eigenvalue weighted by Gasteiger charge is 2.17. The summed E-state index contributed by atoms with van der Waals surface area (Å²) in [7, 11) is 2.48. The van der Waals surface area contributed by atoms with Crippen LogP contribution in [0.25, 0.3) is 0 Å². The molecule has 1 aliphatic rings. The van der Waals surface area contributed by atoms with Gasteiger partial charge in [-0.15, -0.1) is 0 Å². The topological polar surface area (TPSA) is 90.9 Å². The Hall–Kier alpha value is -2.57. The SMILES string of the molecule is COC(=O)c1cc(OCC(=O)NC2CCCCC2)cc(C(=O)OC)c1. The largest absolute Gasteiger partial charge is 0.484 e. The molecule has 25 heavy (non-hydrogen) atoms. The number of rotatable bonds is 6. The zero-order valence-electron chi connectivity index (χ0n) is 14.5. The summed E-state index contributed by atoms with van der Waals surface area (Å²) in [5, 5.41) is 2.94. The molecule has 0 radical (unpaired) electrons. The van der Waals surface area contributed by atoms with Gasteiger partial charge in [-0.1, -0.05) is 19.3 Å². The van der Waals surface area contributed by atoms with Gasteiger partial charge < -0.3 is 19.5 Å². The molecule has 0 spiro atoms. The summed E-state index contributed by atoms with van der Waals surface area (Å²) in [6.45, 7) is -0.193. The Bertz CT molecular complexity index is 602. The number of esters is 2. The van der Waals surface area contributed by atoms with E-state index >= 15 is 0 Å². The Morgan fingerprint density at radius 2 is 1.52 bits per heavy atom. The summed E-state index contributed by atoms with van der Waals surface area (Å²) >= 11 is 0. The van der Waals surface area contributed by atoms with E-state index in [1.807, 2.05) is 0 Å². The second-order valence-electron chi connectivity index (χ2n) is 5.92. The van der Waals surface area contributed by atoms with Gasteiger partial charge in [-0.25, -0.2) is 9.59 Å². The molecule has 1 aromatic rings. The Kier molecular flexibility index (Phi) is 6.80. The summed E-state index contributed by atoms with van der Waals surface area (Å²) in [5.74, 6) is -1.22. The standard InChI is InChI=1S/C18H23NO6/c1-23-17(21)12-8-13(18(22)24-2)10-15(9-12)25-11-16(20)19-14-6-4-3-5-7-14/h8-10,14H,3-7,11H2,1-2H3,(H,19,20). The summed E-state index contributed by atoms with van der Waals surface area (Å²) in [4.78, 5) is 35.5. The number of hydrogen-bond acceptors (Lipinski definition) is 6. The van der Waals surface area contributed by atoms with E-state index in [0.29, 0.717) is 0 Å². The van der Waals surface area contributed by atoms with Gasteiger partial charge in [0.2, 0.25) is 0 Å². The molecule has 0 aromatic heterocycles. The third-order valence-electron chi connectivity index (χ3n) is 4.09. The normalized spacial score (nSPS) is 14.5. The molecule has 2 rings (SSSR count). The predicted octanol–water partition coefficient (Wildman–Crippen LogP) is 2.09. The Morgan fingerprint density at radius 3 is 2.04 bits per heavy atom. The molecule has 1 amide bonds. The van der Waals surface area contributed by atoms with Crippen LogP contribution in [-0.4, -0.2) is 44.7 Å². The minimum Gasteiger partial charge on any atom is -0.484 e. The van der Waals surface area contributed by atoms with Crippen molar-refractivity contribution in [1.82, 2.24) is 5.32 Å². The first kappa shape index (κ1) is 18.8. The van der Waals surface area contributed by atoms with E-state index in [4.69, 9.17) is 4.74 Å². The van der Waals surface area contributed by atoms with Crippen LogP contribution in [0, 0.1) is 0 Å². The number of amides is 1. The predicted molar refractivity (Wildman–Crippen MR) is 89.6 cm³/mol. The van der Waals surface area contributed by atoms with Crippen LogP contribution in [0.1, 0.15) is 52.8 Å². The highest BCUT2D eigenvalue weighted by molar-refractivity contribution is 5.96. The lowest BCUT2D eigenvalue weighted by Crippen LogP contribution is -2.39. The van der Waals surface area contributed by atoms with Crippen LogP contribution < -0.4 is 10.1 Å². The molecule has 7 nitrogen and oxygen atoms in total. The number of methoxy groups -OCH3 is 2. The van der Waals surface area contributed by atoms with Crippen molar-refractivity contribution >= 4 is 17.8 Å². The number of benzene rings is 1. The highest BCUT2D eigenvalue weighted by atomic mass is 16.5. The van der Waals surface area contributed by atoms with Crippen LogP contribution in [-0.2, 0) is 14.3 Å². The third kappa shape index (κ3) is 5.48. The minimum absolute atomic E-state index is 0.146. The van der Waals surface area contributed by atoms with Crippen LogP contribution >= 0.6 is 0 Å². The molecule has 1 N–H and O–H groups in total. The number of carbonyl (C=O) groups excluding carboxylic acids is 3. The van der Waals surface area contributed by atoms with E-state index in [0.717, 1.165) is 25.7 Å². The lowest BCUT2D eigenvalue weighted by molar-refractivity contribution is -0.124. The molecule has 1 aliphatic carbocycles. The van der Waals surface area contributed by atoms with Crippen molar-refractivity contribution in [3.05, 3.63) is 29.3 Å². The lowest BCUT2D eigenvalue weighted by atomic mass is 9.95. The maximum absolute atomic E-state index is 12.0. The van der Waals surface area contributed by atoms with Crippen molar-refractivity contribution in [3.8, 4) is 5.75 Å². The van der Waals surface area contributed by atoms with Crippen LogP contribution in [0.15, 0.2) is 18.2 Å². The summed E-state index contributed by atoms with van der Waals surface area (Å²) < 4.78 is 14.8. The van der Waals surface area contributed by atoms with E-state index in [1.165, 1.54) is 38.8 Å². The van der Waals surface area contributed by atoms with Gasteiger partial charge >= 0.3 is 11.9 Å². The van der Waals surface area contributed by atoms with Crippen molar-refractivity contribution < 1.29 is 28.6 Å². The molecular weight excluding hydrogens is 326 g/mol. The Labute approximate surface area is 146 Å². The molecule has 7 heteroatoms. The molecule has 136 valence electrons. The minimum atomic E-state index is -0.609. The molecule has 1 aromatic carbocycles. The first-order valence-corrected chi connectivity index (χ1v) is 8.27. The fraction of sp³-hybridized carbons (Fsp3) is 0.500. The monoisotopic (exact) mass is 349 g/mol. The molecule has 0 unspecified atom stereocenters. The smallest absolute Gasteiger partial charge is 0.338 e. The zero-order valence-corrected chi connectivity index (χ0v) is 14.5. The summed E-state index contributed by atoms with van der Waals surface area (Å²) in [5.41, 5.74) is 0.293. The number of carbonyl (C=O) groups is 3. The van der Waals surface area contributed by atoms with Crippen molar-refractivity contribution in [2.45, 2.75) is 38.1 Å². The lowest BCUT2D eigenvalue weighted by Gasteiger charge is -2.22. The fourth-order valence-electron chi connectivity index (χ4n) is 2.82. The highest BCUT2D eigenvalue weighted by Crippen LogP contribution is 2.20. The molecule has 0 bridgehead atoms. The fourth-order valence-corrected chi connectivity index (χ4v) is 2.82. The third-order valence-corrected chi connectivity index (χ3v) is 4.09. The van der Waals surface area contributed by atoms with Crippen LogP contribution in [0.2, 0.25) is 0 Å². The number of ether oxygens (including phenoxy) is 3. The van der Waals surface area contributed by atoms with E-state index in [1.54, 1.807) is 0 Å². The molecule has 1 saturated carbocycles. The van der Waals surface area contributed by atoms with Gasteiger partial charge in [-0.3, -0.25) is 4.79 Å². The maximum Gasteiger partial charge on any atom is 0.338 e. The second-order valence-corrected chi connectivity index (χ2v) is 5.92. The van der Waals surface area contributed by atoms with Crippen LogP contribution in [0.5, 0.6) is 5.75 Å². The molecule has 0 aliphatic heterocycles. The average Bonchev–Trinajstić information content (AvgIpc) is 2.65. The van der Waals surface area contributed by atoms with Gasteiger partial charge in [0.05, 0.1) is 25.3 Å². The number of nitrogens with one attached hydrogen (secondary N) is 1. The van der Waals surface area contributed by atoms with Crippen molar-refractivity contribution in [2.24, 2.45) is 0 Å². The first-order chi connectivity index (χ1) is 12.0. The first-order valence-electron chi connectivity index (χ1n) is 8.27. The zero-order chi connectivity index (χ0) is 18.2. The molecule has 1 fully saturated rings. The van der Waals surface area contributed by atoms with Gasteiger partial charge in [0.15, 0.2) is 6.61 Å². The Balaban J connectivity index is 2.02. The molecular formula is C18H23NO6. The molecule has 0 heterocycles. The van der Waals surface area contributed by atoms with Gasteiger partial charge in [0.25, 0.3) is 5.91 Å². The second kappa shape index (κ2) is 9.05. The van der Waals surface area contributed by atoms with Crippen molar-refractivity contribution in [1.29, 1.82) is 0 Å². The van der Waals surface area contributed by atoms with Crippen molar-refractivity contribution in [3.63, 3.8) is 0 Å².